The summed E-state index contributed by atoms with van der Waals surface area (Å²) >= 11 is 0. The smallest absolute Gasteiger partial charge is 0.410 e. The number of nitrogens with zero attached hydrogens (tertiary/aromatic N) is 1. The highest BCUT2D eigenvalue weighted by Crippen LogP contribution is 2.19. The third-order valence-corrected chi connectivity index (χ3v) is 6.83. The van der Waals surface area contributed by atoms with Crippen LogP contribution in [0.3, 0.4) is 0 Å². The Morgan fingerprint density at radius 1 is 0.933 bits per heavy atom. The number of ether oxygens (including phenoxy) is 3. The molecule has 2 N–H and O–H groups in total. The number of carbonyl (C=O) groups is 4. The second-order valence-electron chi connectivity index (χ2n) is 11.8. The summed E-state index contributed by atoms with van der Waals surface area (Å²) < 4.78 is 21.4. The van der Waals surface area contributed by atoms with E-state index in [0.29, 0.717) is 57.2 Å². The van der Waals surface area contributed by atoms with Crippen molar-refractivity contribution in [3.63, 3.8) is 0 Å². The van der Waals surface area contributed by atoms with E-state index in [1.165, 1.54) is 7.11 Å². The predicted molar refractivity (Wildman–Crippen MR) is 170 cm³/mol. The average Bonchev–Trinajstić information content (AvgIpc) is 3.45. The van der Waals surface area contributed by atoms with Gasteiger partial charge in [-0.1, -0.05) is 55.0 Å². The fourth-order valence-electron chi connectivity index (χ4n) is 4.57. The van der Waals surface area contributed by atoms with Crippen molar-refractivity contribution >= 4 is 35.0 Å². The molecule has 1 atom stereocenters. The number of amides is 3. The normalized spacial score (nSPS) is 11.8. The number of fused-ring (bicyclic) bond motifs is 1. The minimum absolute atomic E-state index is 0.160. The summed E-state index contributed by atoms with van der Waals surface area (Å²) in [7, 11) is 1.36. The Morgan fingerprint density at radius 2 is 1.67 bits per heavy atom. The molecule has 3 amide bonds. The van der Waals surface area contributed by atoms with Crippen LogP contribution in [0.1, 0.15) is 75.4 Å². The molecule has 0 aliphatic heterocycles. The number of furan rings is 1. The number of carbonyl (C=O) groups excluding carboxylic acids is 4. The van der Waals surface area contributed by atoms with E-state index in [1.54, 1.807) is 37.8 Å². The van der Waals surface area contributed by atoms with Gasteiger partial charge in [0.25, 0.3) is 5.91 Å². The minimum Gasteiger partial charge on any atom is -0.469 e. The number of unbranched alkanes of at least 4 members (excludes halogenated alkanes) is 2. The monoisotopic (exact) mass is 623 g/mol. The van der Waals surface area contributed by atoms with Gasteiger partial charge in [-0.2, -0.15) is 0 Å². The van der Waals surface area contributed by atoms with Crippen molar-refractivity contribution in [2.75, 3.05) is 26.7 Å². The van der Waals surface area contributed by atoms with Gasteiger partial charge in [0.1, 0.15) is 17.8 Å². The lowest BCUT2D eigenvalue weighted by molar-refractivity contribution is -0.140. The molecule has 0 spiro atoms. The van der Waals surface area contributed by atoms with E-state index in [0.717, 1.165) is 10.9 Å². The number of hydrogen-bond acceptors (Lipinski definition) is 8. The Kier molecular flexibility index (Phi) is 13.7. The number of esters is 1. The maximum atomic E-state index is 13.3. The lowest BCUT2D eigenvalue weighted by Crippen LogP contribution is -2.47. The number of methoxy groups -OCH3 is 1. The van der Waals surface area contributed by atoms with Crippen molar-refractivity contribution in [1.29, 1.82) is 0 Å². The van der Waals surface area contributed by atoms with Crippen LogP contribution < -0.4 is 10.6 Å². The van der Waals surface area contributed by atoms with Crippen LogP contribution in [-0.4, -0.2) is 67.3 Å². The number of para-hydroxylation sites is 1. The van der Waals surface area contributed by atoms with Gasteiger partial charge in [0.05, 0.1) is 7.11 Å². The van der Waals surface area contributed by atoms with Crippen LogP contribution in [0.2, 0.25) is 0 Å². The lowest BCUT2D eigenvalue weighted by atomic mass is 10.1. The zero-order valence-electron chi connectivity index (χ0n) is 26.6. The summed E-state index contributed by atoms with van der Waals surface area (Å²) in [6.45, 7) is 6.40. The van der Waals surface area contributed by atoms with Crippen LogP contribution in [0, 0.1) is 0 Å². The Labute approximate surface area is 264 Å². The zero-order chi connectivity index (χ0) is 32.7. The van der Waals surface area contributed by atoms with Gasteiger partial charge in [0, 0.05) is 37.5 Å². The van der Waals surface area contributed by atoms with Crippen molar-refractivity contribution < 1.29 is 37.8 Å². The molecule has 1 heterocycles. The standard InChI is InChI=1S/C34H45N3O8/c1-34(2,3)45-33(41)37(21-12-6-9-19-30(38)42-4)23-27(36-31(39)29-22-26-16-10-11-18-28(26)44-29)17-13-20-35-32(40)43-24-25-14-7-5-8-15-25/h5,7-8,10-11,14-16,18,22,27H,6,9,12-13,17,19-21,23-24H2,1-4H3,(H,35,40)(H,36,39)/t27-/m0/s1. The highest BCUT2D eigenvalue weighted by atomic mass is 16.6. The van der Waals surface area contributed by atoms with E-state index in [4.69, 9.17) is 18.6 Å². The molecular weight excluding hydrogens is 578 g/mol. The topological polar surface area (TPSA) is 136 Å². The van der Waals surface area contributed by atoms with Crippen molar-refractivity contribution in [3.8, 4) is 0 Å². The predicted octanol–water partition coefficient (Wildman–Crippen LogP) is 6.21. The van der Waals surface area contributed by atoms with Crippen molar-refractivity contribution in [2.24, 2.45) is 0 Å². The first-order valence-electron chi connectivity index (χ1n) is 15.3. The van der Waals surface area contributed by atoms with Gasteiger partial charge in [-0.3, -0.25) is 9.59 Å². The Balaban J connectivity index is 1.64. The quantitative estimate of drug-likeness (QED) is 0.109. The molecule has 1 aromatic heterocycles. The van der Waals surface area contributed by atoms with Gasteiger partial charge in [-0.05, 0) is 64.2 Å². The summed E-state index contributed by atoms with van der Waals surface area (Å²) in [5, 5.41) is 6.56. The fraction of sp³-hybridized carbons (Fsp3) is 0.471. The number of nitrogens with one attached hydrogen (secondary N) is 2. The third-order valence-electron chi connectivity index (χ3n) is 6.83. The number of hydrogen-bond donors (Lipinski definition) is 2. The van der Waals surface area contributed by atoms with Gasteiger partial charge in [-0.15, -0.1) is 0 Å². The van der Waals surface area contributed by atoms with E-state index in [2.05, 4.69) is 10.6 Å². The van der Waals surface area contributed by atoms with Gasteiger partial charge in [-0.25, -0.2) is 9.59 Å². The Bertz CT molecular complexity index is 1350. The largest absolute Gasteiger partial charge is 0.469 e. The zero-order valence-corrected chi connectivity index (χ0v) is 26.6. The minimum atomic E-state index is -0.711. The van der Waals surface area contributed by atoms with Gasteiger partial charge >= 0.3 is 18.2 Å². The molecule has 3 aromatic rings. The molecule has 0 bridgehead atoms. The summed E-state index contributed by atoms with van der Waals surface area (Å²) in [5.74, 6) is -0.519. The molecule has 3 rings (SSSR count). The Morgan fingerprint density at radius 3 is 2.38 bits per heavy atom. The van der Waals surface area contributed by atoms with Crippen molar-refractivity contribution in [1.82, 2.24) is 15.5 Å². The number of rotatable bonds is 16. The lowest BCUT2D eigenvalue weighted by Gasteiger charge is -2.30. The first-order valence-corrected chi connectivity index (χ1v) is 15.3. The maximum absolute atomic E-state index is 13.3. The van der Waals surface area contributed by atoms with E-state index in [1.807, 2.05) is 48.5 Å². The molecule has 0 aliphatic rings. The van der Waals surface area contributed by atoms with E-state index in [9.17, 15) is 19.2 Å². The maximum Gasteiger partial charge on any atom is 0.410 e. The van der Waals surface area contributed by atoms with Crippen LogP contribution >= 0.6 is 0 Å². The molecule has 244 valence electrons. The number of alkyl carbamates (subject to hydrolysis) is 1. The molecular formula is C34H45N3O8. The van der Waals surface area contributed by atoms with E-state index < -0.39 is 29.7 Å². The molecule has 11 heteroatoms. The van der Waals surface area contributed by atoms with Gasteiger partial charge < -0.3 is 34.2 Å². The molecule has 0 radical (unpaired) electrons. The first-order chi connectivity index (χ1) is 21.5. The first kappa shape index (κ1) is 34.9. The summed E-state index contributed by atoms with van der Waals surface area (Å²) in [6.07, 6.45) is 2.20. The van der Waals surface area contributed by atoms with Crippen molar-refractivity contribution in [2.45, 2.75) is 77.5 Å². The van der Waals surface area contributed by atoms with Crippen LogP contribution in [0.4, 0.5) is 9.59 Å². The highest BCUT2D eigenvalue weighted by Gasteiger charge is 2.26. The molecule has 0 saturated carbocycles. The van der Waals surface area contributed by atoms with E-state index in [-0.39, 0.29) is 24.9 Å². The Hall–Kier alpha value is -4.54. The van der Waals surface area contributed by atoms with Crippen LogP contribution in [0.5, 0.6) is 0 Å². The third kappa shape index (κ3) is 12.9. The highest BCUT2D eigenvalue weighted by molar-refractivity contribution is 5.96. The number of benzene rings is 2. The molecule has 0 unspecified atom stereocenters. The van der Waals surface area contributed by atoms with Crippen LogP contribution in [-0.2, 0) is 25.6 Å². The fourth-order valence-corrected chi connectivity index (χ4v) is 4.57. The van der Waals surface area contributed by atoms with Crippen LogP contribution in [0.25, 0.3) is 11.0 Å². The molecule has 0 fully saturated rings. The average molecular weight is 624 g/mol. The van der Waals surface area contributed by atoms with Gasteiger partial charge in [0.15, 0.2) is 5.76 Å². The molecule has 11 nitrogen and oxygen atoms in total. The van der Waals surface area contributed by atoms with E-state index >= 15 is 0 Å². The summed E-state index contributed by atoms with van der Waals surface area (Å²) in [5.41, 5.74) is 0.769. The second-order valence-corrected chi connectivity index (χ2v) is 11.8. The molecule has 0 aliphatic carbocycles. The van der Waals surface area contributed by atoms with Crippen molar-refractivity contribution in [3.05, 3.63) is 72.0 Å². The SMILES string of the molecule is COC(=O)CCCCCN(C[C@H](CCCNC(=O)OCc1ccccc1)NC(=O)c1cc2ccccc2o1)C(=O)OC(C)(C)C. The summed E-state index contributed by atoms with van der Waals surface area (Å²) in [4.78, 5) is 51.8. The van der Waals surface area contributed by atoms with Crippen LogP contribution in [0.15, 0.2) is 65.1 Å². The molecule has 2 aromatic carbocycles. The summed E-state index contributed by atoms with van der Waals surface area (Å²) in [6, 6.07) is 17.9. The molecule has 0 saturated heterocycles. The van der Waals surface area contributed by atoms with Gasteiger partial charge in [0.2, 0.25) is 0 Å². The second kappa shape index (κ2) is 17.7. The molecule has 45 heavy (non-hydrogen) atoms.